The van der Waals surface area contributed by atoms with Gasteiger partial charge in [0.25, 0.3) is 0 Å². The van der Waals surface area contributed by atoms with Gasteiger partial charge in [0.2, 0.25) is 0 Å². The topological polar surface area (TPSA) is 60.4 Å². The van der Waals surface area contributed by atoms with Crippen molar-refractivity contribution in [2.75, 3.05) is 6.61 Å². The molecule has 1 atom stereocenters. The van der Waals surface area contributed by atoms with Crippen LogP contribution in [0.25, 0.3) is 0 Å². The van der Waals surface area contributed by atoms with E-state index in [9.17, 15) is 13.2 Å². The second-order valence-corrected chi connectivity index (χ2v) is 9.95. The zero-order valence-electron chi connectivity index (χ0n) is 18.5. The summed E-state index contributed by atoms with van der Waals surface area (Å²) in [4.78, 5) is 11.2. The Morgan fingerprint density at radius 1 is 1.00 bits per heavy atom. The number of carbonyl (C=O) groups excluding carboxylic acids is 1. The van der Waals surface area contributed by atoms with E-state index in [-0.39, 0.29) is 5.97 Å². The van der Waals surface area contributed by atoms with Crippen molar-refractivity contribution in [3.63, 3.8) is 0 Å². The van der Waals surface area contributed by atoms with Gasteiger partial charge in [0, 0.05) is 6.92 Å². The van der Waals surface area contributed by atoms with Crippen molar-refractivity contribution in [3.05, 3.63) is 64.8 Å². The smallest absolute Gasteiger partial charge is 0.302 e. The molecular weight excluding hydrogens is 384 g/mol. The van der Waals surface area contributed by atoms with Crippen LogP contribution in [0.3, 0.4) is 0 Å². The molecule has 0 aliphatic rings. The number of benzene rings is 1. The van der Waals surface area contributed by atoms with Crippen LogP contribution < -0.4 is 0 Å². The normalized spacial score (nSPS) is 13.7. The van der Waals surface area contributed by atoms with Crippen molar-refractivity contribution in [2.24, 2.45) is 0 Å². The van der Waals surface area contributed by atoms with Gasteiger partial charge in [0.05, 0.1) is 10.1 Å². The molecule has 0 aliphatic heterocycles. The first-order valence-corrected chi connectivity index (χ1v) is 11.5. The fourth-order valence-corrected chi connectivity index (χ4v) is 4.68. The van der Waals surface area contributed by atoms with Gasteiger partial charge in [-0.05, 0) is 72.1 Å². The minimum Gasteiger partial charge on any atom is -0.462 e. The van der Waals surface area contributed by atoms with E-state index >= 15 is 0 Å². The number of allylic oxidation sites excluding steroid dienone is 4. The SMILES string of the molecule is CC(=O)OC/C=C(/C)CC/C=C(\C)CC(C=C(C)C)S(=O)(=O)c1ccc(C)cc1. The second-order valence-electron chi connectivity index (χ2n) is 7.79. The largest absolute Gasteiger partial charge is 0.462 e. The Bertz CT molecular complexity index is 868. The summed E-state index contributed by atoms with van der Waals surface area (Å²) in [6.45, 7) is 11.5. The third kappa shape index (κ3) is 9.27. The number of hydrogen-bond acceptors (Lipinski definition) is 4. The highest BCUT2D eigenvalue weighted by Gasteiger charge is 2.25. The number of aryl methyl sites for hydroxylation is 1. The lowest BCUT2D eigenvalue weighted by atomic mass is 10.1. The van der Waals surface area contributed by atoms with E-state index in [4.69, 9.17) is 4.74 Å². The average molecular weight is 419 g/mol. The Morgan fingerprint density at radius 2 is 1.62 bits per heavy atom. The van der Waals surface area contributed by atoms with E-state index in [0.29, 0.717) is 17.9 Å². The molecule has 0 bridgehead atoms. The quantitative estimate of drug-likeness (QED) is 0.360. The van der Waals surface area contributed by atoms with Crippen LogP contribution in [0.1, 0.15) is 59.4 Å². The fourth-order valence-electron chi connectivity index (χ4n) is 2.88. The summed E-state index contributed by atoms with van der Waals surface area (Å²) in [6.07, 6.45) is 7.98. The summed E-state index contributed by atoms with van der Waals surface area (Å²) in [5, 5.41) is -0.577. The molecule has 0 aliphatic carbocycles. The molecule has 1 rings (SSSR count). The molecule has 5 heteroatoms. The highest BCUT2D eigenvalue weighted by atomic mass is 32.2. The van der Waals surface area contributed by atoms with E-state index in [1.54, 1.807) is 12.1 Å². The molecule has 160 valence electrons. The Balaban J connectivity index is 2.85. The minimum absolute atomic E-state index is 0.287. The third-order valence-electron chi connectivity index (χ3n) is 4.54. The van der Waals surface area contributed by atoms with Gasteiger partial charge in [-0.15, -0.1) is 0 Å². The van der Waals surface area contributed by atoms with Crippen LogP contribution in [0.5, 0.6) is 0 Å². The number of esters is 1. The van der Waals surface area contributed by atoms with Crippen LogP contribution in [0.4, 0.5) is 0 Å². The van der Waals surface area contributed by atoms with E-state index in [2.05, 4.69) is 6.08 Å². The lowest BCUT2D eigenvalue weighted by molar-refractivity contribution is -0.139. The molecule has 4 nitrogen and oxygen atoms in total. The van der Waals surface area contributed by atoms with Crippen LogP contribution in [0.15, 0.2) is 64.1 Å². The van der Waals surface area contributed by atoms with Gasteiger partial charge in [0.15, 0.2) is 9.84 Å². The van der Waals surface area contributed by atoms with E-state index in [0.717, 1.165) is 35.1 Å². The van der Waals surface area contributed by atoms with Gasteiger partial charge in [0.1, 0.15) is 6.61 Å². The van der Waals surface area contributed by atoms with Crippen LogP contribution in [-0.4, -0.2) is 26.2 Å². The highest BCUT2D eigenvalue weighted by Crippen LogP contribution is 2.24. The number of ether oxygens (including phenoxy) is 1. The second kappa shape index (κ2) is 11.8. The Hall–Kier alpha value is -2.14. The summed E-state index contributed by atoms with van der Waals surface area (Å²) in [6, 6.07) is 7.04. The monoisotopic (exact) mass is 418 g/mol. The molecule has 0 heterocycles. The van der Waals surface area contributed by atoms with E-state index < -0.39 is 15.1 Å². The summed E-state index contributed by atoms with van der Waals surface area (Å²) in [7, 11) is -3.45. The molecular formula is C24H34O4S. The predicted octanol–water partition coefficient (Wildman–Crippen LogP) is 5.73. The van der Waals surface area contributed by atoms with Crippen molar-refractivity contribution < 1.29 is 17.9 Å². The lowest BCUT2D eigenvalue weighted by Crippen LogP contribution is -2.20. The predicted molar refractivity (Wildman–Crippen MR) is 120 cm³/mol. The molecule has 0 amide bonds. The van der Waals surface area contributed by atoms with Crippen molar-refractivity contribution in [1.82, 2.24) is 0 Å². The zero-order chi connectivity index (χ0) is 22.0. The Morgan fingerprint density at radius 3 is 2.17 bits per heavy atom. The maximum Gasteiger partial charge on any atom is 0.302 e. The molecule has 0 fully saturated rings. The summed E-state index contributed by atoms with van der Waals surface area (Å²) in [5.41, 5.74) is 4.22. The Labute approximate surface area is 176 Å². The van der Waals surface area contributed by atoms with Gasteiger partial charge in [-0.2, -0.15) is 0 Å². The Kier molecular flexibility index (Phi) is 10.1. The van der Waals surface area contributed by atoms with Crippen molar-refractivity contribution in [2.45, 2.75) is 71.0 Å². The van der Waals surface area contributed by atoms with Gasteiger partial charge in [-0.1, -0.05) is 46.6 Å². The molecule has 1 aromatic rings. The van der Waals surface area contributed by atoms with Crippen LogP contribution in [0.2, 0.25) is 0 Å². The maximum absolute atomic E-state index is 13.1. The highest BCUT2D eigenvalue weighted by molar-refractivity contribution is 7.92. The van der Waals surface area contributed by atoms with Gasteiger partial charge in [-0.3, -0.25) is 4.79 Å². The third-order valence-corrected chi connectivity index (χ3v) is 6.57. The van der Waals surface area contributed by atoms with Crippen LogP contribution >= 0.6 is 0 Å². The number of sulfone groups is 1. The molecule has 1 unspecified atom stereocenters. The molecule has 0 aromatic heterocycles. The van der Waals surface area contributed by atoms with Gasteiger partial charge < -0.3 is 4.74 Å². The first kappa shape index (κ1) is 24.9. The number of rotatable bonds is 10. The van der Waals surface area contributed by atoms with Gasteiger partial charge >= 0.3 is 5.97 Å². The van der Waals surface area contributed by atoms with Crippen LogP contribution in [-0.2, 0) is 19.4 Å². The zero-order valence-corrected chi connectivity index (χ0v) is 19.3. The number of hydrogen-bond donors (Lipinski definition) is 0. The van der Waals surface area contributed by atoms with E-state index in [1.807, 2.05) is 58.9 Å². The van der Waals surface area contributed by atoms with Crippen molar-refractivity contribution in [3.8, 4) is 0 Å². The standard InChI is InChI=1S/C24H34O4S/c1-18(2)16-24(29(26,27)23-12-10-20(4)11-13-23)17-21(5)9-7-8-19(3)14-15-28-22(6)25/h9-14,16,24H,7-8,15,17H2,1-6H3/b19-14-,21-9+. The summed E-state index contributed by atoms with van der Waals surface area (Å²) >= 11 is 0. The molecule has 1 aromatic carbocycles. The van der Waals surface area contributed by atoms with E-state index in [1.165, 1.54) is 6.92 Å². The first-order valence-electron chi connectivity index (χ1n) is 9.92. The van der Waals surface area contributed by atoms with Crippen molar-refractivity contribution in [1.29, 1.82) is 0 Å². The van der Waals surface area contributed by atoms with Gasteiger partial charge in [-0.25, -0.2) is 8.42 Å². The summed E-state index contributed by atoms with van der Waals surface area (Å²) < 4.78 is 31.2. The molecule has 29 heavy (non-hydrogen) atoms. The van der Waals surface area contributed by atoms with Crippen molar-refractivity contribution >= 4 is 15.8 Å². The molecule has 0 N–H and O–H groups in total. The maximum atomic E-state index is 13.1. The molecule has 0 saturated carbocycles. The number of carbonyl (C=O) groups is 1. The average Bonchev–Trinajstić information content (AvgIpc) is 2.60. The minimum atomic E-state index is -3.45. The summed E-state index contributed by atoms with van der Waals surface area (Å²) in [5.74, 6) is -0.287. The molecule has 0 saturated heterocycles. The lowest BCUT2D eigenvalue weighted by Gasteiger charge is -2.16. The molecule has 0 spiro atoms. The van der Waals surface area contributed by atoms with Crippen LogP contribution in [0, 0.1) is 6.92 Å². The first-order chi connectivity index (χ1) is 13.5. The fraction of sp³-hybridized carbons (Fsp3) is 0.458. The molecule has 0 radical (unpaired) electrons.